The van der Waals surface area contributed by atoms with E-state index < -0.39 is 0 Å². The maximum Gasteiger partial charge on any atom is 0.156 e. The highest BCUT2D eigenvalue weighted by molar-refractivity contribution is 5.85. The fraction of sp³-hybridized carbons (Fsp3) is 0.909. The number of oxime groups is 1. The van der Waals surface area contributed by atoms with Crippen molar-refractivity contribution in [1.29, 1.82) is 0 Å². The van der Waals surface area contributed by atoms with Gasteiger partial charge in [-0.1, -0.05) is 12.1 Å². The summed E-state index contributed by atoms with van der Waals surface area (Å²) in [7, 11) is 0. The van der Waals surface area contributed by atoms with Crippen LogP contribution in [0.1, 0.15) is 20.3 Å². The van der Waals surface area contributed by atoms with Crippen molar-refractivity contribution in [3.05, 3.63) is 0 Å². The van der Waals surface area contributed by atoms with Gasteiger partial charge in [0.05, 0.1) is 19.3 Å². The minimum atomic E-state index is -0.0592. The molecule has 1 fully saturated rings. The average Bonchev–Trinajstić information content (AvgIpc) is 2.36. The Morgan fingerprint density at radius 1 is 1.53 bits per heavy atom. The van der Waals surface area contributed by atoms with Crippen molar-refractivity contribution in [2.24, 2.45) is 10.9 Å². The van der Waals surface area contributed by atoms with Gasteiger partial charge >= 0.3 is 0 Å². The van der Waals surface area contributed by atoms with Crippen LogP contribution in [0.15, 0.2) is 5.16 Å². The predicted molar refractivity (Wildman–Crippen MR) is 67.3 cm³/mol. The van der Waals surface area contributed by atoms with Crippen LogP contribution in [0, 0.1) is 0 Å². The molecule has 0 radical (unpaired) electrons. The molecule has 1 aliphatic heterocycles. The number of rotatable bonds is 6. The second-order valence-corrected chi connectivity index (χ2v) is 4.47. The van der Waals surface area contributed by atoms with Crippen LogP contribution in [0.5, 0.6) is 0 Å². The van der Waals surface area contributed by atoms with Gasteiger partial charge < -0.3 is 21.0 Å². The van der Waals surface area contributed by atoms with Gasteiger partial charge in [0.2, 0.25) is 0 Å². The molecule has 0 aliphatic carbocycles. The SMILES string of the molecule is CCC(NC(C)CN1CCOCC1)C(N)=NO. The summed E-state index contributed by atoms with van der Waals surface area (Å²) in [5.74, 6) is 0.251. The maximum absolute atomic E-state index is 8.67. The molecule has 6 heteroatoms. The number of nitrogens with one attached hydrogen (secondary N) is 1. The van der Waals surface area contributed by atoms with E-state index in [4.69, 9.17) is 15.7 Å². The van der Waals surface area contributed by atoms with Gasteiger partial charge in [0, 0.05) is 25.7 Å². The fourth-order valence-electron chi connectivity index (χ4n) is 2.05. The predicted octanol–water partition coefficient (Wildman–Crippen LogP) is -0.178. The number of amidine groups is 1. The first kappa shape index (κ1) is 14.2. The zero-order valence-corrected chi connectivity index (χ0v) is 10.7. The zero-order valence-electron chi connectivity index (χ0n) is 10.7. The molecule has 0 aromatic rings. The lowest BCUT2D eigenvalue weighted by molar-refractivity contribution is 0.0341. The van der Waals surface area contributed by atoms with E-state index in [2.05, 4.69) is 22.3 Å². The topological polar surface area (TPSA) is 83.1 Å². The van der Waals surface area contributed by atoms with Crippen molar-refractivity contribution in [1.82, 2.24) is 10.2 Å². The molecule has 17 heavy (non-hydrogen) atoms. The van der Waals surface area contributed by atoms with Crippen molar-refractivity contribution < 1.29 is 9.94 Å². The molecule has 4 N–H and O–H groups in total. The molecular weight excluding hydrogens is 220 g/mol. The Kier molecular flexibility index (Phi) is 6.25. The zero-order chi connectivity index (χ0) is 12.7. The van der Waals surface area contributed by atoms with Crippen LogP contribution in [0.3, 0.4) is 0 Å². The largest absolute Gasteiger partial charge is 0.409 e. The summed E-state index contributed by atoms with van der Waals surface area (Å²) in [5.41, 5.74) is 5.61. The Bertz CT molecular complexity index is 242. The molecule has 1 rings (SSSR count). The van der Waals surface area contributed by atoms with E-state index in [0.29, 0.717) is 6.04 Å². The van der Waals surface area contributed by atoms with Gasteiger partial charge in [-0.3, -0.25) is 4.90 Å². The van der Waals surface area contributed by atoms with Crippen LogP contribution in [-0.2, 0) is 4.74 Å². The first-order chi connectivity index (χ1) is 8.17. The van der Waals surface area contributed by atoms with Crippen LogP contribution < -0.4 is 11.1 Å². The van der Waals surface area contributed by atoms with E-state index in [1.807, 2.05) is 6.92 Å². The van der Waals surface area contributed by atoms with Crippen molar-refractivity contribution >= 4 is 5.84 Å². The monoisotopic (exact) mass is 244 g/mol. The van der Waals surface area contributed by atoms with Crippen LogP contribution in [0.4, 0.5) is 0 Å². The van der Waals surface area contributed by atoms with Crippen molar-refractivity contribution in [2.75, 3.05) is 32.8 Å². The quantitative estimate of drug-likeness (QED) is 0.261. The molecule has 0 aromatic carbocycles. The molecule has 0 spiro atoms. The second-order valence-electron chi connectivity index (χ2n) is 4.47. The molecular formula is C11H24N4O2. The second kappa shape index (κ2) is 7.47. The van der Waals surface area contributed by atoms with Gasteiger partial charge in [0.15, 0.2) is 5.84 Å². The summed E-state index contributed by atoms with van der Waals surface area (Å²) in [6.45, 7) is 8.66. The van der Waals surface area contributed by atoms with Gasteiger partial charge in [-0.15, -0.1) is 0 Å². The third kappa shape index (κ3) is 4.89. The van der Waals surface area contributed by atoms with Gasteiger partial charge in [-0.05, 0) is 13.3 Å². The maximum atomic E-state index is 8.67. The summed E-state index contributed by atoms with van der Waals surface area (Å²) < 4.78 is 5.30. The molecule has 6 nitrogen and oxygen atoms in total. The normalized spacial score (nSPS) is 22.4. The van der Waals surface area contributed by atoms with Gasteiger partial charge in [-0.2, -0.15) is 0 Å². The minimum Gasteiger partial charge on any atom is -0.409 e. The van der Waals surface area contributed by atoms with E-state index in [0.717, 1.165) is 39.3 Å². The molecule has 1 aliphatic rings. The van der Waals surface area contributed by atoms with Gasteiger partial charge in [0.1, 0.15) is 0 Å². The van der Waals surface area contributed by atoms with Crippen LogP contribution in [0.2, 0.25) is 0 Å². The Morgan fingerprint density at radius 2 is 2.18 bits per heavy atom. The minimum absolute atomic E-state index is 0.0592. The van der Waals surface area contributed by atoms with E-state index in [1.165, 1.54) is 0 Å². The number of nitrogens with zero attached hydrogens (tertiary/aromatic N) is 2. The van der Waals surface area contributed by atoms with E-state index in [-0.39, 0.29) is 11.9 Å². The number of nitrogens with two attached hydrogens (primary N) is 1. The number of ether oxygens (including phenoxy) is 1. The number of hydrogen-bond donors (Lipinski definition) is 3. The summed E-state index contributed by atoms with van der Waals surface area (Å²) in [6, 6.07) is 0.245. The molecule has 2 unspecified atom stereocenters. The number of hydrogen-bond acceptors (Lipinski definition) is 5. The van der Waals surface area contributed by atoms with Crippen molar-refractivity contribution in [3.8, 4) is 0 Å². The smallest absolute Gasteiger partial charge is 0.156 e. The lowest BCUT2D eigenvalue weighted by Gasteiger charge is -2.30. The molecule has 2 atom stereocenters. The Hall–Kier alpha value is -0.850. The highest BCUT2D eigenvalue weighted by Crippen LogP contribution is 2.00. The van der Waals surface area contributed by atoms with Crippen LogP contribution in [-0.4, -0.2) is 60.9 Å². The molecule has 0 saturated carbocycles. The highest BCUT2D eigenvalue weighted by Gasteiger charge is 2.18. The van der Waals surface area contributed by atoms with Crippen molar-refractivity contribution in [2.45, 2.75) is 32.4 Å². The summed E-state index contributed by atoms with van der Waals surface area (Å²) in [6.07, 6.45) is 0.809. The first-order valence-electron chi connectivity index (χ1n) is 6.21. The summed E-state index contributed by atoms with van der Waals surface area (Å²) >= 11 is 0. The summed E-state index contributed by atoms with van der Waals surface area (Å²) in [4.78, 5) is 2.36. The fourth-order valence-corrected chi connectivity index (χ4v) is 2.05. The average molecular weight is 244 g/mol. The molecule has 0 aromatic heterocycles. The van der Waals surface area contributed by atoms with E-state index in [1.54, 1.807) is 0 Å². The molecule has 1 heterocycles. The standard InChI is InChI=1S/C11H24N4O2/c1-3-10(11(12)14-16)13-9(2)8-15-4-6-17-7-5-15/h9-10,13,16H,3-8H2,1-2H3,(H2,12,14). The van der Waals surface area contributed by atoms with E-state index in [9.17, 15) is 0 Å². The Labute approximate surface area is 103 Å². The third-order valence-corrected chi connectivity index (χ3v) is 3.00. The molecule has 0 bridgehead atoms. The first-order valence-corrected chi connectivity index (χ1v) is 6.21. The lowest BCUT2D eigenvalue weighted by atomic mass is 10.1. The third-order valence-electron chi connectivity index (χ3n) is 3.00. The lowest BCUT2D eigenvalue weighted by Crippen LogP contribution is -2.50. The summed E-state index contributed by atoms with van der Waals surface area (Å²) in [5, 5.41) is 15.1. The molecule has 0 amide bonds. The van der Waals surface area contributed by atoms with Crippen molar-refractivity contribution in [3.63, 3.8) is 0 Å². The van der Waals surface area contributed by atoms with Gasteiger partial charge in [-0.25, -0.2) is 0 Å². The van der Waals surface area contributed by atoms with Crippen LogP contribution in [0.25, 0.3) is 0 Å². The van der Waals surface area contributed by atoms with Crippen LogP contribution >= 0.6 is 0 Å². The molecule has 1 saturated heterocycles. The van der Waals surface area contributed by atoms with E-state index >= 15 is 0 Å². The highest BCUT2D eigenvalue weighted by atomic mass is 16.5. The Balaban J connectivity index is 2.33. The molecule has 100 valence electrons. The Morgan fingerprint density at radius 3 is 2.71 bits per heavy atom. The number of morpholine rings is 1. The van der Waals surface area contributed by atoms with Gasteiger partial charge in [0.25, 0.3) is 0 Å².